The van der Waals surface area contributed by atoms with Crippen LogP contribution in [0.3, 0.4) is 0 Å². The quantitative estimate of drug-likeness (QED) is 0.609. The lowest BCUT2D eigenvalue weighted by atomic mass is 9.93. The number of rotatable bonds is 0. The Morgan fingerprint density at radius 1 is 1.50 bits per heavy atom. The van der Waals surface area contributed by atoms with Gasteiger partial charge in [-0.05, 0) is 12.8 Å². The third-order valence-electron chi connectivity index (χ3n) is 2.51. The number of ether oxygens (including phenoxy) is 1. The van der Waals surface area contributed by atoms with Crippen LogP contribution in [-0.2, 0) is 4.74 Å². The lowest BCUT2D eigenvalue weighted by Gasteiger charge is -2.32. The van der Waals surface area contributed by atoms with E-state index in [2.05, 4.69) is 10.3 Å². The molecule has 0 bridgehead atoms. The number of hydrogen-bond acceptors (Lipinski definition) is 3. The van der Waals surface area contributed by atoms with Crippen LogP contribution in [0.25, 0.3) is 0 Å². The monoisotopic (exact) mass is 186 g/mol. The van der Waals surface area contributed by atoms with Crippen molar-refractivity contribution in [1.29, 1.82) is 0 Å². The Morgan fingerprint density at radius 3 is 2.83 bits per heavy atom. The minimum Gasteiger partial charge on any atom is -0.381 e. The molecule has 0 aliphatic carbocycles. The molecule has 0 radical (unpaired) electrons. The Labute approximate surface area is 77.0 Å². The Hall–Kier alpha value is -0.220. The Bertz CT molecular complexity index is 199. The van der Waals surface area contributed by atoms with Gasteiger partial charge < -0.3 is 10.1 Å². The Kier molecular flexibility index (Phi) is 2.28. The molecule has 2 saturated heterocycles. The second-order valence-electron chi connectivity index (χ2n) is 3.34. The van der Waals surface area contributed by atoms with Gasteiger partial charge >= 0.3 is 0 Å². The van der Waals surface area contributed by atoms with Crippen LogP contribution in [0.4, 0.5) is 0 Å². The first kappa shape index (κ1) is 8.38. The van der Waals surface area contributed by atoms with Gasteiger partial charge in [0, 0.05) is 26.0 Å². The van der Waals surface area contributed by atoms with Crippen LogP contribution in [0.1, 0.15) is 12.8 Å². The van der Waals surface area contributed by atoms with Gasteiger partial charge in [-0.15, -0.1) is 0 Å². The minimum absolute atomic E-state index is 0.303. The SMILES string of the molecule is CN=C1NC2(CCOCC2)CS1. The molecule has 2 heterocycles. The predicted octanol–water partition coefficient (Wildman–Crippen LogP) is 0.858. The van der Waals surface area contributed by atoms with Gasteiger partial charge in [0.15, 0.2) is 5.17 Å². The molecule has 1 spiro atoms. The predicted molar refractivity (Wildman–Crippen MR) is 51.7 cm³/mol. The highest BCUT2D eigenvalue weighted by Crippen LogP contribution is 2.31. The number of nitrogens with one attached hydrogen (secondary N) is 1. The summed E-state index contributed by atoms with van der Waals surface area (Å²) in [6, 6.07) is 0. The average molecular weight is 186 g/mol. The first-order valence-corrected chi connectivity index (χ1v) is 5.29. The van der Waals surface area contributed by atoms with Gasteiger partial charge in [-0.1, -0.05) is 11.8 Å². The molecule has 0 aromatic heterocycles. The van der Waals surface area contributed by atoms with Gasteiger partial charge in [0.05, 0.1) is 5.54 Å². The second-order valence-corrected chi connectivity index (χ2v) is 4.30. The summed E-state index contributed by atoms with van der Waals surface area (Å²) in [6.07, 6.45) is 2.25. The molecule has 0 aromatic rings. The molecular weight excluding hydrogens is 172 g/mol. The zero-order valence-electron chi connectivity index (χ0n) is 7.30. The molecule has 68 valence electrons. The first-order valence-electron chi connectivity index (χ1n) is 4.30. The molecule has 3 nitrogen and oxygen atoms in total. The lowest BCUT2D eigenvalue weighted by Crippen LogP contribution is -2.48. The molecular formula is C8H14N2OS. The first-order chi connectivity index (χ1) is 5.85. The Balaban J connectivity index is 2.03. The standard InChI is InChI=1S/C8H14N2OS/c1-9-7-10-8(6-12-7)2-4-11-5-3-8/h2-6H2,1H3,(H,9,10). The zero-order valence-corrected chi connectivity index (χ0v) is 8.12. The molecule has 0 atom stereocenters. The highest BCUT2D eigenvalue weighted by molar-refractivity contribution is 8.14. The largest absolute Gasteiger partial charge is 0.381 e. The van der Waals surface area contributed by atoms with E-state index in [4.69, 9.17) is 4.74 Å². The molecule has 1 N–H and O–H groups in total. The summed E-state index contributed by atoms with van der Waals surface area (Å²) >= 11 is 1.83. The topological polar surface area (TPSA) is 33.6 Å². The third-order valence-corrected chi connectivity index (χ3v) is 3.77. The molecule has 2 aliphatic heterocycles. The molecule has 2 fully saturated rings. The van der Waals surface area contributed by atoms with Gasteiger partial charge in [-0.2, -0.15) is 0 Å². The molecule has 0 saturated carbocycles. The van der Waals surface area contributed by atoms with Crippen LogP contribution in [0.15, 0.2) is 4.99 Å². The van der Waals surface area contributed by atoms with Crippen LogP contribution in [0.2, 0.25) is 0 Å². The number of aliphatic imine (C=N–C) groups is 1. The van der Waals surface area contributed by atoms with E-state index in [-0.39, 0.29) is 0 Å². The summed E-state index contributed by atoms with van der Waals surface area (Å²) < 4.78 is 5.34. The maximum Gasteiger partial charge on any atom is 0.156 e. The molecule has 0 unspecified atom stereocenters. The maximum atomic E-state index is 5.34. The lowest BCUT2D eigenvalue weighted by molar-refractivity contribution is 0.0555. The third kappa shape index (κ3) is 1.45. The maximum absolute atomic E-state index is 5.34. The van der Waals surface area contributed by atoms with E-state index in [1.807, 2.05) is 18.8 Å². The zero-order chi connectivity index (χ0) is 8.44. The summed E-state index contributed by atoms with van der Waals surface area (Å²) in [5.74, 6) is 1.16. The van der Waals surface area contributed by atoms with E-state index in [0.717, 1.165) is 37.0 Å². The molecule has 0 aromatic carbocycles. The molecule has 12 heavy (non-hydrogen) atoms. The summed E-state index contributed by atoms with van der Waals surface area (Å²) in [6.45, 7) is 1.79. The molecule has 2 rings (SSSR count). The average Bonchev–Trinajstić information content (AvgIpc) is 2.50. The van der Waals surface area contributed by atoms with Crippen molar-refractivity contribution in [1.82, 2.24) is 5.32 Å². The Morgan fingerprint density at radius 2 is 2.25 bits per heavy atom. The van der Waals surface area contributed by atoms with Gasteiger partial charge in [0.1, 0.15) is 0 Å². The van der Waals surface area contributed by atoms with Crippen molar-refractivity contribution in [2.75, 3.05) is 26.0 Å². The van der Waals surface area contributed by atoms with E-state index < -0.39 is 0 Å². The number of amidine groups is 1. The van der Waals surface area contributed by atoms with Crippen molar-refractivity contribution in [2.45, 2.75) is 18.4 Å². The van der Waals surface area contributed by atoms with Crippen molar-refractivity contribution < 1.29 is 4.74 Å². The van der Waals surface area contributed by atoms with Gasteiger partial charge in [-0.3, -0.25) is 4.99 Å². The van der Waals surface area contributed by atoms with Gasteiger partial charge in [0.25, 0.3) is 0 Å². The van der Waals surface area contributed by atoms with E-state index in [1.54, 1.807) is 0 Å². The highest BCUT2D eigenvalue weighted by Gasteiger charge is 2.38. The fraction of sp³-hybridized carbons (Fsp3) is 0.875. The molecule has 4 heteroatoms. The molecule has 0 amide bonds. The normalized spacial score (nSPS) is 30.9. The number of nitrogens with zero attached hydrogens (tertiary/aromatic N) is 1. The van der Waals surface area contributed by atoms with E-state index >= 15 is 0 Å². The number of hydrogen-bond donors (Lipinski definition) is 1. The van der Waals surface area contributed by atoms with E-state index in [0.29, 0.717) is 5.54 Å². The fourth-order valence-electron chi connectivity index (χ4n) is 1.66. The van der Waals surface area contributed by atoms with Gasteiger partial charge in [0.2, 0.25) is 0 Å². The van der Waals surface area contributed by atoms with Crippen LogP contribution in [0.5, 0.6) is 0 Å². The van der Waals surface area contributed by atoms with E-state index in [9.17, 15) is 0 Å². The summed E-state index contributed by atoms with van der Waals surface area (Å²) in [4.78, 5) is 4.16. The fourth-order valence-corrected chi connectivity index (χ4v) is 2.85. The number of thioether (sulfide) groups is 1. The minimum atomic E-state index is 0.303. The summed E-state index contributed by atoms with van der Waals surface area (Å²) in [5.41, 5.74) is 0.303. The highest BCUT2D eigenvalue weighted by atomic mass is 32.2. The molecule has 2 aliphatic rings. The van der Waals surface area contributed by atoms with Crippen molar-refractivity contribution in [3.05, 3.63) is 0 Å². The van der Waals surface area contributed by atoms with E-state index in [1.165, 1.54) is 0 Å². The van der Waals surface area contributed by atoms with Gasteiger partial charge in [-0.25, -0.2) is 0 Å². The summed E-state index contributed by atoms with van der Waals surface area (Å²) in [5, 5.41) is 4.58. The van der Waals surface area contributed by atoms with Crippen LogP contribution in [0, 0.1) is 0 Å². The second kappa shape index (κ2) is 3.26. The van der Waals surface area contributed by atoms with Crippen molar-refractivity contribution in [3.8, 4) is 0 Å². The van der Waals surface area contributed by atoms with Crippen molar-refractivity contribution >= 4 is 16.9 Å². The van der Waals surface area contributed by atoms with Crippen LogP contribution >= 0.6 is 11.8 Å². The van der Waals surface area contributed by atoms with Crippen LogP contribution < -0.4 is 5.32 Å². The summed E-state index contributed by atoms with van der Waals surface area (Å²) in [7, 11) is 1.84. The van der Waals surface area contributed by atoms with Crippen molar-refractivity contribution in [2.24, 2.45) is 4.99 Å². The smallest absolute Gasteiger partial charge is 0.156 e. The van der Waals surface area contributed by atoms with Crippen molar-refractivity contribution in [3.63, 3.8) is 0 Å². The van der Waals surface area contributed by atoms with Crippen LogP contribution in [-0.4, -0.2) is 36.7 Å².